The Morgan fingerprint density at radius 1 is 1.18 bits per heavy atom. The summed E-state index contributed by atoms with van der Waals surface area (Å²) in [6, 6.07) is 11.2. The zero-order valence-corrected chi connectivity index (χ0v) is 16.9. The quantitative estimate of drug-likeness (QED) is 0.575. The topological polar surface area (TPSA) is 60.7 Å². The van der Waals surface area contributed by atoms with Crippen LogP contribution in [-0.4, -0.2) is 19.6 Å². The highest BCUT2D eigenvalue weighted by molar-refractivity contribution is 6.05. The molecule has 1 aromatic heterocycles. The molecule has 1 amide bonds. The highest BCUT2D eigenvalue weighted by Crippen LogP contribution is 2.35. The summed E-state index contributed by atoms with van der Waals surface area (Å²) in [6.45, 7) is 8.32. The van der Waals surface area contributed by atoms with Crippen molar-refractivity contribution in [1.29, 1.82) is 0 Å². The second-order valence-electron chi connectivity index (χ2n) is 6.58. The van der Waals surface area contributed by atoms with Crippen LogP contribution < -0.4 is 14.8 Å². The maximum atomic E-state index is 12.6. The molecule has 0 unspecified atom stereocenters. The summed E-state index contributed by atoms with van der Waals surface area (Å²) in [5.74, 6) is 1.96. The first-order valence-corrected chi connectivity index (χ1v) is 9.23. The number of aryl methyl sites for hydroxylation is 2. The average molecular weight is 379 g/mol. The molecule has 146 valence electrons. The Kier molecular flexibility index (Phi) is 5.73. The Balaban J connectivity index is 1.96. The lowest BCUT2D eigenvalue weighted by Gasteiger charge is -2.12. The monoisotopic (exact) mass is 379 g/mol. The second kappa shape index (κ2) is 8.21. The summed E-state index contributed by atoms with van der Waals surface area (Å²) in [6.07, 6.45) is 1.57. The molecule has 0 radical (unpaired) electrons. The Bertz CT molecular complexity index is 1050. The van der Waals surface area contributed by atoms with Crippen molar-refractivity contribution < 1.29 is 18.7 Å². The number of methoxy groups -OCH3 is 1. The van der Waals surface area contributed by atoms with Crippen LogP contribution in [0.1, 0.15) is 30.7 Å². The zero-order valence-electron chi connectivity index (χ0n) is 16.9. The molecule has 0 saturated heterocycles. The number of anilines is 1. The summed E-state index contributed by atoms with van der Waals surface area (Å²) in [5.41, 5.74) is 4.17. The van der Waals surface area contributed by atoms with Crippen LogP contribution in [0.25, 0.3) is 16.5 Å². The van der Waals surface area contributed by atoms with Crippen molar-refractivity contribution in [2.24, 2.45) is 0 Å². The smallest absolute Gasteiger partial charge is 0.248 e. The summed E-state index contributed by atoms with van der Waals surface area (Å²) in [5, 5.41) is 3.89. The maximum absolute atomic E-state index is 12.6. The van der Waals surface area contributed by atoms with Crippen molar-refractivity contribution in [1.82, 2.24) is 0 Å². The molecule has 3 aromatic rings. The fourth-order valence-electron chi connectivity index (χ4n) is 3.14. The first kappa shape index (κ1) is 19.5. The van der Waals surface area contributed by atoms with Gasteiger partial charge in [-0.05, 0) is 57.0 Å². The molecule has 1 heterocycles. The first-order chi connectivity index (χ1) is 13.4. The number of allylic oxidation sites excluding steroid dienone is 1. The van der Waals surface area contributed by atoms with Gasteiger partial charge < -0.3 is 19.2 Å². The number of rotatable bonds is 6. The van der Waals surface area contributed by atoms with Crippen molar-refractivity contribution in [3.8, 4) is 11.5 Å². The van der Waals surface area contributed by atoms with Gasteiger partial charge in [0.1, 0.15) is 22.8 Å². The van der Waals surface area contributed by atoms with Crippen molar-refractivity contribution in [2.75, 3.05) is 19.0 Å². The van der Waals surface area contributed by atoms with E-state index < -0.39 is 0 Å². The summed E-state index contributed by atoms with van der Waals surface area (Å²) in [7, 11) is 1.57. The number of carbonyl (C=O) groups is 1. The van der Waals surface area contributed by atoms with E-state index in [1.807, 2.05) is 52.0 Å². The van der Waals surface area contributed by atoms with E-state index in [0.717, 1.165) is 33.4 Å². The van der Waals surface area contributed by atoms with E-state index in [-0.39, 0.29) is 5.91 Å². The van der Waals surface area contributed by atoms with Crippen molar-refractivity contribution in [2.45, 2.75) is 27.7 Å². The molecule has 3 rings (SSSR count). The maximum Gasteiger partial charge on any atom is 0.248 e. The number of hydrogen-bond acceptors (Lipinski definition) is 4. The zero-order chi connectivity index (χ0) is 20.3. The minimum atomic E-state index is -0.232. The molecule has 0 atom stereocenters. The standard InChI is InChI=1S/C23H25NO4/c1-6-27-21-13-22-18(15(3)16(4)28-22)12-17(21)14(2)11-23(25)24-19-9-7-8-10-20(19)26-5/h7-13H,6H2,1-5H3,(H,24,25)/b14-11+. The molecule has 5 nitrogen and oxygen atoms in total. The van der Waals surface area contributed by atoms with Crippen LogP contribution in [0.5, 0.6) is 11.5 Å². The number of hydrogen-bond donors (Lipinski definition) is 1. The molecule has 28 heavy (non-hydrogen) atoms. The number of carbonyl (C=O) groups excluding carboxylic acids is 1. The van der Waals surface area contributed by atoms with Gasteiger partial charge in [0.15, 0.2) is 0 Å². The molecule has 0 aliphatic rings. The largest absolute Gasteiger partial charge is 0.495 e. The van der Waals surface area contributed by atoms with Gasteiger partial charge in [-0.15, -0.1) is 0 Å². The van der Waals surface area contributed by atoms with Crippen molar-refractivity contribution in [3.63, 3.8) is 0 Å². The second-order valence-corrected chi connectivity index (χ2v) is 6.58. The van der Waals surface area contributed by atoms with Gasteiger partial charge in [-0.1, -0.05) is 12.1 Å². The molecule has 1 N–H and O–H groups in total. The Morgan fingerprint density at radius 3 is 2.64 bits per heavy atom. The number of fused-ring (bicyclic) bond motifs is 1. The minimum Gasteiger partial charge on any atom is -0.495 e. The average Bonchev–Trinajstić information content (AvgIpc) is 2.95. The molecule has 0 spiro atoms. The van der Waals surface area contributed by atoms with E-state index >= 15 is 0 Å². The van der Waals surface area contributed by atoms with E-state index in [1.54, 1.807) is 25.3 Å². The number of para-hydroxylation sites is 2. The van der Waals surface area contributed by atoms with Gasteiger partial charge in [0.2, 0.25) is 5.91 Å². The van der Waals surface area contributed by atoms with Crippen LogP contribution in [0.3, 0.4) is 0 Å². The molecule has 0 aliphatic carbocycles. The Hall–Kier alpha value is -3.21. The summed E-state index contributed by atoms with van der Waals surface area (Å²) < 4.78 is 16.9. The fourth-order valence-corrected chi connectivity index (χ4v) is 3.14. The molecule has 0 bridgehead atoms. The van der Waals surface area contributed by atoms with Crippen molar-refractivity contribution >= 4 is 28.1 Å². The van der Waals surface area contributed by atoms with Gasteiger partial charge in [-0.3, -0.25) is 4.79 Å². The third kappa shape index (κ3) is 3.88. The van der Waals surface area contributed by atoms with Crippen LogP contribution in [0.4, 0.5) is 5.69 Å². The van der Waals surface area contributed by atoms with Gasteiger partial charge in [0, 0.05) is 23.1 Å². The van der Waals surface area contributed by atoms with Crippen LogP contribution in [0, 0.1) is 13.8 Å². The van der Waals surface area contributed by atoms with Crippen LogP contribution in [0.2, 0.25) is 0 Å². The van der Waals surface area contributed by atoms with E-state index in [2.05, 4.69) is 5.32 Å². The predicted molar refractivity (Wildman–Crippen MR) is 112 cm³/mol. The third-order valence-electron chi connectivity index (χ3n) is 4.71. The lowest BCUT2D eigenvalue weighted by Crippen LogP contribution is -2.09. The minimum absolute atomic E-state index is 0.232. The highest BCUT2D eigenvalue weighted by Gasteiger charge is 2.15. The molecule has 0 fully saturated rings. The van der Waals surface area contributed by atoms with Gasteiger partial charge in [-0.2, -0.15) is 0 Å². The van der Waals surface area contributed by atoms with Gasteiger partial charge >= 0.3 is 0 Å². The number of furan rings is 1. The van der Waals surface area contributed by atoms with Gasteiger partial charge in [-0.25, -0.2) is 0 Å². The SMILES string of the molecule is CCOc1cc2oc(C)c(C)c2cc1/C(C)=C/C(=O)Nc1ccccc1OC. The number of amides is 1. The van der Waals surface area contributed by atoms with E-state index in [4.69, 9.17) is 13.9 Å². The number of benzene rings is 2. The fraction of sp³-hybridized carbons (Fsp3) is 0.261. The molecular weight excluding hydrogens is 354 g/mol. The third-order valence-corrected chi connectivity index (χ3v) is 4.71. The summed E-state index contributed by atoms with van der Waals surface area (Å²) >= 11 is 0. The predicted octanol–water partition coefficient (Wildman–Crippen LogP) is 5.50. The van der Waals surface area contributed by atoms with Crippen LogP contribution in [0.15, 0.2) is 46.9 Å². The van der Waals surface area contributed by atoms with Crippen molar-refractivity contribution in [3.05, 3.63) is 59.4 Å². The lowest BCUT2D eigenvalue weighted by molar-refractivity contribution is -0.111. The molecule has 5 heteroatoms. The Morgan fingerprint density at radius 2 is 1.93 bits per heavy atom. The van der Waals surface area contributed by atoms with Crippen LogP contribution >= 0.6 is 0 Å². The van der Waals surface area contributed by atoms with E-state index in [9.17, 15) is 4.79 Å². The molecule has 0 aliphatic heterocycles. The molecule has 2 aromatic carbocycles. The highest BCUT2D eigenvalue weighted by atomic mass is 16.5. The van der Waals surface area contributed by atoms with Gasteiger partial charge in [0.05, 0.1) is 19.4 Å². The normalized spacial score (nSPS) is 11.5. The van der Waals surface area contributed by atoms with E-state index in [1.165, 1.54) is 0 Å². The molecular formula is C23H25NO4. The van der Waals surface area contributed by atoms with Gasteiger partial charge in [0.25, 0.3) is 0 Å². The lowest BCUT2D eigenvalue weighted by atomic mass is 10.0. The first-order valence-electron chi connectivity index (χ1n) is 9.23. The Labute approximate surface area is 164 Å². The molecule has 0 saturated carbocycles. The number of nitrogens with one attached hydrogen (secondary N) is 1. The van der Waals surface area contributed by atoms with Crippen LogP contribution in [-0.2, 0) is 4.79 Å². The number of ether oxygens (including phenoxy) is 2. The summed E-state index contributed by atoms with van der Waals surface area (Å²) in [4.78, 5) is 12.6. The van der Waals surface area contributed by atoms with E-state index in [0.29, 0.717) is 23.8 Å².